The molecule has 94 valence electrons. The number of anilines is 1. The monoisotopic (exact) mass is 321 g/mol. The summed E-state index contributed by atoms with van der Waals surface area (Å²) in [6, 6.07) is 4.94. The zero-order valence-corrected chi connectivity index (χ0v) is 11.5. The summed E-state index contributed by atoms with van der Waals surface area (Å²) in [5.74, 6) is -1.66. The van der Waals surface area contributed by atoms with Gasteiger partial charge in [0.15, 0.2) is 9.84 Å². The van der Waals surface area contributed by atoms with Gasteiger partial charge in [0, 0.05) is 10.2 Å². The number of esters is 1. The summed E-state index contributed by atoms with van der Waals surface area (Å²) in [5, 5.41) is 0. The topological polar surface area (TPSA) is 86.5 Å². The normalized spacial score (nSPS) is 11.2. The Hall–Kier alpha value is -1.08. The van der Waals surface area contributed by atoms with Crippen molar-refractivity contribution < 1.29 is 17.9 Å². The lowest BCUT2D eigenvalue weighted by atomic mass is 10.2. The minimum Gasteiger partial charge on any atom is -0.468 e. The molecule has 17 heavy (non-hydrogen) atoms. The Morgan fingerprint density at radius 3 is 2.71 bits per heavy atom. The van der Waals surface area contributed by atoms with E-state index >= 15 is 0 Å². The molecule has 0 amide bonds. The number of hydrogen-bond acceptors (Lipinski definition) is 5. The molecule has 0 aliphatic carbocycles. The van der Waals surface area contributed by atoms with Gasteiger partial charge in [-0.2, -0.15) is 0 Å². The molecule has 0 saturated carbocycles. The molecule has 0 heterocycles. The maximum absolute atomic E-state index is 11.7. The van der Waals surface area contributed by atoms with Gasteiger partial charge in [-0.25, -0.2) is 8.42 Å². The van der Waals surface area contributed by atoms with E-state index in [1.54, 1.807) is 18.2 Å². The molecular formula is C10H12BrNO4S. The first kappa shape index (κ1) is 14.0. The molecule has 0 aliphatic rings. The first-order valence-corrected chi connectivity index (χ1v) is 7.27. The summed E-state index contributed by atoms with van der Waals surface area (Å²) in [5.41, 5.74) is 6.61. The highest BCUT2D eigenvalue weighted by atomic mass is 79.9. The van der Waals surface area contributed by atoms with E-state index in [1.165, 1.54) is 0 Å². The zero-order valence-electron chi connectivity index (χ0n) is 9.14. The number of nitrogen functional groups attached to an aromatic ring is 1. The van der Waals surface area contributed by atoms with Crippen molar-refractivity contribution in [3.05, 3.63) is 28.2 Å². The molecule has 1 aromatic rings. The third kappa shape index (κ3) is 4.01. The molecule has 0 spiro atoms. The van der Waals surface area contributed by atoms with Gasteiger partial charge in [0.1, 0.15) is 5.75 Å². The molecule has 1 rings (SSSR count). The molecule has 2 N–H and O–H groups in total. The summed E-state index contributed by atoms with van der Waals surface area (Å²) in [6.07, 6.45) is 0. The van der Waals surface area contributed by atoms with Crippen molar-refractivity contribution in [2.24, 2.45) is 0 Å². The lowest BCUT2D eigenvalue weighted by Gasteiger charge is -2.07. The quantitative estimate of drug-likeness (QED) is 0.663. The fraction of sp³-hybridized carbons (Fsp3) is 0.300. The van der Waals surface area contributed by atoms with Crippen LogP contribution >= 0.6 is 15.9 Å². The third-order valence-corrected chi connectivity index (χ3v) is 4.44. The van der Waals surface area contributed by atoms with Crippen molar-refractivity contribution in [1.29, 1.82) is 0 Å². The smallest absolute Gasteiger partial charge is 0.320 e. The van der Waals surface area contributed by atoms with Crippen LogP contribution in [0.3, 0.4) is 0 Å². The molecule has 0 bridgehead atoms. The van der Waals surface area contributed by atoms with Crippen LogP contribution < -0.4 is 5.73 Å². The molecule has 0 aromatic heterocycles. The molecule has 7 heteroatoms. The number of methoxy groups -OCH3 is 1. The zero-order chi connectivity index (χ0) is 13.1. The highest BCUT2D eigenvalue weighted by molar-refractivity contribution is 9.10. The van der Waals surface area contributed by atoms with E-state index in [-0.39, 0.29) is 5.75 Å². The van der Waals surface area contributed by atoms with Crippen LogP contribution in [0.25, 0.3) is 0 Å². The van der Waals surface area contributed by atoms with Gasteiger partial charge >= 0.3 is 5.97 Å². The highest BCUT2D eigenvalue weighted by Crippen LogP contribution is 2.25. The molecule has 0 radical (unpaired) electrons. The number of benzene rings is 1. The van der Waals surface area contributed by atoms with Crippen LogP contribution in [0.1, 0.15) is 5.56 Å². The number of ether oxygens (including phenoxy) is 1. The first-order valence-electron chi connectivity index (χ1n) is 4.66. The SMILES string of the molecule is COC(=O)CS(=O)(=O)Cc1cccc(N)c1Br. The van der Waals surface area contributed by atoms with Crippen molar-refractivity contribution >= 4 is 37.4 Å². The number of carbonyl (C=O) groups excluding carboxylic acids is 1. The Kier molecular flexibility index (Phi) is 4.53. The predicted octanol–water partition coefficient (Wildman–Crippen LogP) is 1.12. The standard InChI is InChI=1S/C10H12BrNO4S/c1-16-9(13)6-17(14,15)5-7-3-2-4-8(12)10(7)11/h2-4H,5-6,12H2,1H3. The second-order valence-corrected chi connectivity index (χ2v) is 6.29. The van der Waals surface area contributed by atoms with E-state index in [4.69, 9.17) is 5.73 Å². The summed E-state index contributed by atoms with van der Waals surface area (Å²) in [7, 11) is -2.40. The van der Waals surface area contributed by atoms with Crippen LogP contribution in [0.2, 0.25) is 0 Å². The minimum atomic E-state index is -3.55. The van der Waals surface area contributed by atoms with Gasteiger partial charge in [-0.3, -0.25) is 4.79 Å². The predicted molar refractivity (Wildman–Crippen MR) is 68.1 cm³/mol. The number of sulfone groups is 1. The summed E-state index contributed by atoms with van der Waals surface area (Å²) < 4.78 is 28.2. The molecule has 5 nitrogen and oxygen atoms in total. The molecule has 0 fully saturated rings. The van der Waals surface area contributed by atoms with Crippen molar-refractivity contribution in [2.75, 3.05) is 18.6 Å². The highest BCUT2D eigenvalue weighted by Gasteiger charge is 2.19. The molecular weight excluding hydrogens is 310 g/mol. The van der Waals surface area contributed by atoms with E-state index in [0.29, 0.717) is 15.7 Å². The summed E-state index contributed by atoms with van der Waals surface area (Å²) in [6.45, 7) is 0. The van der Waals surface area contributed by atoms with Crippen LogP contribution in [0.4, 0.5) is 5.69 Å². The number of hydrogen-bond donors (Lipinski definition) is 1. The van der Waals surface area contributed by atoms with Gasteiger partial charge in [-0.15, -0.1) is 0 Å². The Morgan fingerprint density at radius 1 is 1.47 bits per heavy atom. The van der Waals surface area contributed by atoms with Gasteiger partial charge < -0.3 is 10.5 Å². The summed E-state index contributed by atoms with van der Waals surface area (Å²) in [4.78, 5) is 10.9. The van der Waals surface area contributed by atoms with Crippen LogP contribution in [0.15, 0.2) is 22.7 Å². The van der Waals surface area contributed by atoms with Gasteiger partial charge in [0.2, 0.25) is 0 Å². The summed E-state index contributed by atoms with van der Waals surface area (Å²) >= 11 is 3.21. The third-order valence-electron chi connectivity index (χ3n) is 2.05. The van der Waals surface area contributed by atoms with Crippen molar-refractivity contribution in [2.45, 2.75) is 5.75 Å². The second kappa shape index (κ2) is 5.50. The lowest BCUT2D eigenvalue weighted by Crippen LogP contribution is -2.19. The maximum atomic E-state index is 11.7. The number of rotatable bonds is 4. The maximum Gasteiger partial charge on any atom is 0.320 e. The van der Waals surface area contributed by atoms with Crippen molar-refractivity contribution in [3.8, 4) is 0 Å². The average Bonchev–Trinajstić information content (AvgIpc) is 2.23. The largest absolute Gasteiger partial charge is 0.468 e. The van der Waals surface area contributed by atoms with Crippen LogP contribution in [0, 0.1) is 0 Å². The van der Waals surface area contributed by atoms with Crippen molar-refractivity contribution in [1.82, 2.24) is 0 Å². The Balaban J connectivity index is 2.91. The average molecular weight is 322 g/mol. The Morgan fingerprint density at radius 2 is 2.12 bits per heavy atom. The van der Waals surface area contributed by atoms with Gasteiger partial charge in [-0.1, -0.05) is 12.1 Å². The fourth-order valence-corrected chi connectivity index (χ4v) is 3.12. The molecule has 0 unspecified atom stereocenters. The van der Waals surface area contributed by atoms with E-state index in [1.807, 2.05) is 0 Å². The van der Waals surface area contributed by atoms with E-state index < -0.39 is 21.6 Å². The minimum absolute atomic E-state index is 0.256. The van der Waals surface area contributed by atoms with Crippen LogP contribution in [-0.4, -0.2) is 27.2 Å². The van der Waals surface area contributed by atoms with Gasteiger partial charge in [0.05, 0.1) is 12.9 Å². The van der Waals surface area contributed by atoms with E-state index in [0.717, 1.165) is 7.11 Å². The molecule has 0 atom stereocenters. The van der Waals surface area contributed by atoms with Gasteiger partial charge in [0.25, 0.3) is 0 Å². The molecule has 0 aliphatic heterocycles. The Labute approximate surface area is 108 Å². The second-order valence-electron chi connectivity index (χ2n) is 3.43. The van der Waals surface area contributed by atoms with Crippen LogP contribution in [-0.2, 0) is 25.1 Å². The van der Waals surface area contributed by atoms with Crippen LogP contribution in [0.5, 0.6) is 0 Å². The van der Waals surface area contributed by atoms with E-state index in [9.17, 15) is 13.2 Å². The van der Waals surface area contributed by atoms with E-state index in [2.05, 4.69) is 20.7 Å². The Bertz CT molecular complexity index is 527. The lowest BCUT2D eigenvalue weighted by molar-refractivity contribution is -0.137. The molecule has 0 saturated heterocycles. The fourth-order valence-electron chi connectivity index (χ4n) is 1.24. The number of halogens is 1. The number of nitrogens with two attached hydrogens (primary N) is 1. The number of carbonyl (C=O) groups is 1. The van der Waals surface area contributed by atoms with Crippen molar-refractivity contribution in [3.63, 3.8) is 0 Å². The van der Waals surface area contributed by atoms with Gasteiger partial charge in [-0.05, 0) is 27.6 Å². The first-order chi connectivity index (χ1) is 7.85. The molecule has 1 aromatic carbocycles.